The molecule has 0 aliphatic heterocycles. The molecule has 0 saturated carbocycles. The van der Waals surface area contributed by atoms with E-state index in [2.05, 4.69) is 57.7 Å². The summed E-state index contributed by atoms with van der Waals surface area (Å²) < 4.78 is 10.1. The zero-order chi connectivity index (χ0) is 14.9. The number of aromatic nitrogens is 2. The van der Waals surface area contributed by atoms with Crippen LogP contribution in [0.3, 0.4) is 0 Å². The average Bonchev–Trinajstić information content (AvgIpc) is 2.69. The third kappa shape index (κ3) is 3.09. The molecule has 0 aliphatic carbocycles. The van der Waals surface area contributed by atoms with E-state index in [0.29, 0.717) is 6.61 Å². The second-order valence-corrected chi connectivity index (χ2v) is 6.41. The van der Waals surface area contributed by atoms with Crippen LogP contribution in [0, 0.1) is 20.8 Å². The Morgan fingerprint density at radius 1 is 1.10 bits per heavy atom. The molecule has 1 aromatic heterocycles. The van der Waals surface area contributed by atoms with Crippen molar-refractivity contribution in [1.82, 2.24) is 9.78 Å². The topological polar surface area (TPSA) is 27.1 Å². The highest BCUT2D eigenvalue weighted by atomic mass is 79.9. The minimum Gasteiger partial charge on any atom is -0.487 e. The van der Waals surface area contributed by atoms with Gasteiger partial charge >= 0.3 is 0 Å². The van der Waals surface area contributed by atoms with Crippen LogP contribution in [0.1, 0.15) is 29.4 Å². The first kappa shape index (κ1) is 15.6. The van der Waals surface area contributed by atoms with Gasteiger partial charge in [0, 0.05) is 11.0 Å². The van der Waals surface area contributed by atoms with Gasteiger partial charge in [0.2, 0.25) is 0 Å². The summed E-state index contributed by atoms with van der Waals surface area (Å²) >= 11 is 7.15. The van der Waals surface area contributed by atoms with Crippen molar-refractivity contribution in [3.63, 3.8) is 0 Å². The van der Waals surface area contributed by atoms with E-state index in [1.807, 2.05) is 23.7 Å². The van der Waals surface area contributed by atoms with Gasteiger partial charge in [-0.1, -0.05) is 15.9 Å². The summed E-state index contributed by atoms with van der Waals surface area (Å²) in [5, 5.41) is 4.47. The van der Waals surface area contributed by atoms with Crippen molar-refractivity contribution in [1.29, 1.82) is 0 Å². The normalized spacial score (nSPS) is 10.9. The van der Waals surface area contributed by atoms with Crippen LogP contribution in [0.15, 0.2) is 21.1 Å². The number of halogens is 2. The SMILES string of the molecule is CCn1nc(C)c(Br)c1COc1cc(C)c(Br)c(C)c1. The molecular formula is C15H18Br2N2O. The molecule has 1 aromatic carbocycles. The van der Waals surface area contributed by atoms with Gasteiger partial charge in [-0.2, -0.15) is 5.10 Å². The van der Waals surface area contributed by atoms with Crippen LogP contribution < -0.4 is 4.74 Å². The number of aryl methyl sites for hydroxylation is 4. The van der Waals surface area contributed by atoms with Gasteiger partial charge in [-0.25, -0.2) is 0 Å². The third-order valence-electron chi connectivity index (χ3n) is 3.24. The largest absolute Gasteiger partial charge is 0.487 e. The molecule has 2 rings (SSSR count). The molecule has 1 heterocycles. The Morgan fingerprint density at radius 3 is 2.25 bits per heavy atom. The quantitative estimate of drug-likeness (QED) is 0.725. The van der Waals surface area contributed by atoms with Crippen LogP contribution >= 0.6 is 31.9 Å². The van der Waals surface area contributed by atoms with E-state index < -0.39 is 0 Å². The first-order valence-electron chi connectivity index (χ1n) is 6.55. The zero-order valence-electron chi connectivity index (χ0n) is 12.1. The highest BCUT2D eigenvalue weighted by molar-refractivity contribution is 9.10. The van der Waals surface area contributed by atoms with Crippen molar-refractivity contribution in [2.24, 2.45) is 0 Å². The fourth-order valence-corrected chi connectivity index (χ4v) is 2.78. The molecule has 0 bridgehead atoms. The van der Waals surface area contributed by atoms with E-state index in [-0.39, 0.29) is 0 Å². The summed E-state index contributed by atoms with van der Waals surface area (Å²) in [5.74, 6) is 0.886. The van der Waals surface area contributed by atoms with E-state index in [0.717, 1.165) is 32.6 Å². The molecule has 0 atom stereocenters. The molecule has 0 N–H and O–H groups in total. The van der Waals surface area contributed by atoms with Crippen molar-refractivity contribution in [2.75, 3.05) is 0 Å². The standard InChI is InChI=1S/C15H18Br2N2O/c1-5-19-13(15(17)11(4)18-19)8-20-12-6-9(2)14(16)10(3)7-12/h6-7H,5,8H2,1-4H3. The maximum absolute atomic E-state index is 5.93. The number of benzene rings is 1. The monoisotopic (exact) mass is 400 g/mol. The van der Waals surface area contributed by atoms with Crippen molar-refractivity contribution in [2.45, 2.75) is 40.8 Å². The Hall–Kier alpha value is -0.810. The lowest BCUT2D eigenvalue weighted by atomic mass is 10.1. The summed E-state index contributed by atoms with van der Waals surface area (Å²) in [4.78, 5) is 0. The molecule has 20 heavy (non-hydrogen) atoms. The molecule has 0 unspecified atom stereocenters. The highest BCUT2D eigenvalue weighted by Crippen LogP contribution is 2.28. The van der Waals surface area contributed by atoms with Gasteiger partial charge in [-0.3, -0.25) is 4.68 Å². The summed E-state index contributed by atoms with van der Waals surface area (Å²) in [7, 11) is 0. The van der Waals surface area contributed by atoms with E-state index >= 15 is 0 Å². The van der Waals surface area contributed by atoms with Gasteiger partial charge in [0.25, 0.3) is 0 Å². The van der Waals surface area contributed by atoms with Crippen LogP contribution in [-0.4, -0.2) is 9.78 Å². The van der Waals surface area contributed by atoms with Crippen LogP contribution in [0.5, 0.6) is 5.75 Å². The van der Waals surface area contributed by atoms with Gasteiger partial charge in [-0.05, 0) is 66.9 Å². The van der Waals surface area contributed by atoms with E-state index in [9.17, 15) is 0 Å². The summed E-state index contributed by atoms with van der Waals surface area (Å²) in [6, 6.07) is 4.09. The van der Waals surface area contributed by atoms with Crippen molar-refractivity contribution >= 4 is 31.9 Å². The smallest absolute Gasteiger partial charge is 0.131 e. The minimum atomic E-state index is 0.510. The number of hydrogen-bond acceptors (Lipinski definition) is 2. The van der Waals surface area contributed by atoms with Crippen molar-refractivity contribution in [3.05, 3.63) is 43.6 Å². The predicted molar refractivity (Wildman–Crippen MR) is 88.3 cm³/mol. The molecule has 3 nitrogen and oxygen atoms in total. The Bertz CT molecular complexity index is 612. The molecule has 2 aromatic rings. The molecule has 108 valence electrons. The highest BCUT2D eigenvalue weighted by Gasteiger charge is 2.13. The summed E-state index contributed by atoms with van der Waals surface area (Å²) in [6.45, 7) is 9.56. The lowest BCUT2D eigenvalue weighted by Gasteiger charge is -2.11. The number of rotatable bonds is 4. The maximum atomic E-state index is 5.93. The van der Waals surface area contributed by atoms with Crippen molar-refractivity contribution < 1.29 is 4.74 Å². The number of nitrogens with zero attached hydrogens (tertiary/aromatic N) is 2. The van der Waals surface area contributed by atoms with Gasteiger partial charge in [0.1, 0.15) is 12.4 Å². The van der Waals surface area contributed by atoms with Gasteiger partial charge in [0.15, 0.2) is 0 Å². The lowest BCUT2D eigenvalue weighted by molar-refractivity contribution is 0.291. The Kier molecular flexibility index (Phi) is 4.91. The second-order valence-electron chi connectivity index (χ2n) is 4.82. The van der Waals surface area contributed by atoms with Gasteiger partial charge in [0.05, 0.1) is 15.9 Å². The Balaban J connectivity index is 2.21. The molecule has 5 heteroatoms. The maximum Gasteiger partial charge on any atom is 0.131 e. The van der Waals surface area contributed by atoms with Crippen LogP contribution in [0.2, 0.25) is 0 Å². The lowest BCUT2D eigenvalue weighted by Crippen LogP contribution is -2.06. The molecule has 0 radical (unpaired) electrons. The average molecular weight is 402 g/mol. The Morgan fingerprint density at radius 2 is 1.70 bits per heavy atom. The van der Waals surface area contributed by atoms with E-state index in [1.165, 1.54) is 11.1 Å². The number of hydrogen-bond donors (Lipinski definition) is 0. The van der Waals surface area contributed by atoms with Crippen LogP contribution in [0.25, 0.3) is 0 Å². The van der Waals surface area contributed by atoms with E-state index in [1.54, 1.807) is 0 Å². The zero-order valence-corrected chi connectivity index (χ0v) is 15.3. The van der Waals surface area contributed by atoms with Crippen molar-refractivity contribution in [3.8, 4) is 5.75 Å². The van der Waals surface area contributed by atoms with Crippen LogP contribution in [0.4, 0.5) is 0 Å². The van der Waals surface area contributed by atoms with Gasteiger partial charge < -0.3 is 4.74 Å². The first-order chi connectivity index (χ1) is 9.43. The first-order valence-corrected chi connectivity index (χ1v) is 8.14. The molecule has 0 amide bonds. The minimum absolute atomic E-state index is 0.510. The molecule has 0 spiro atoms. The third-order valence-corrected chi connectivity index (χ3v) is 5.52. The van der Waals surface area contributed by atoms with Gasteiger partial charge in [-0.15, -0.1) is 0 Å². The molecule has 0 saturated heterocycles. The predicted octanol–water partition coefficient (Wildman–Crippen LogP) is 4.93. The molecular weight excluding hydrogens is 384 g/mol. The fourth-order valence-electron chi connectivity index (χ4n) is 2.15. The van der Waals surface area contributed by atoms with E-state index in [4.69, 9.17) is 4.74 Å². The molecule has 0 aliphatic rings. The summed E-state index contributed by atoms with van der Waals surface area (Å²) in [5.41, 5.74) is 4.43. The Labute approximate surface area is 136 Å². The second kappa shape index (κ2) is 6.31. The summed E-state index contributed by atoms with van der Waals surface area (Å²) in [6.07, 6.45) is 0. The fraction of sp³-hybridized carbons (Fsp3) is 0.400. The molecule has 0 fully saturated rings. The van der Waals surface area contributed by atoms with Crippen LogP contribution in [-0.2, 0) is 13.2 Å². The number of ether oxygens (including phenoxy) is 1.